The zero-order valence-electron chi connectivity index (χ0n) is 27.7. The molecule has 0 aromatic heterocycles. The summed E-state index contributed by atoms with van der Waals surface area (Å²) >= 11 is 0. The standard InChI is InChI=1S/C18H30O4.C18H32O3/c1-2-20-16(19)6-3-5-15-7-10-17(13-15)8-4-9-18(14-17)21-11-12-22-18;1-16(2,19)7-3-5-15-6-10-17(13-15)8-4-9-18(14-17)20-11-12-21-18/h15H,2-14H2,1H3;15,19H,3-14H2,1-2H3/t2*15-,17-/m00/s1. The number of ether oxygens (including phenoxy) is 5. The van der Waals surface area contributed by atoms with Crippen molar-refractivity contribution in [3.8, 4) is 0 Å². The summed E-state index contributed by atoms with van der Waals surface area (Å²) in [6.45, 7) is 9.29. The van der Waals surface area contributed by atoms with Crippen LogP contribution in [0.25, 0.3) is 0 Å². The summed E-state index contributed by atoms with van der Waals surface area (Å²) < 4.78 is 28.9. The highest BCUT2D eigenvalue weighted by Gasteiger charge is 2.52. The van der Waals surface area contributed by atoms with Crippen LogP contribution in [0, 0.1) is 22.7 Å². The van der Waals surface area contributed by atoms with Crippen molar-refractivity contribution in [2.45, 2.75) is 166 Å². The highest BCUT2D eigenvalue weighted by atomic mass is 16.7. The monoisotopic (exact) mass is 606 g/mol. The number of carbonyl (C=O) groups excluding carboxylic acids is 1. The molecule has 0 unspecified atom stereocenters. The van der Waals surface area contributed by atoms with Crippen LogP contribution >= 0.6 is 0 Å². The minimum absolute atomic E-state index is 0.0421. The van der Waals surface area contributed by atoms with Gasteiger partial charge in [0.15, 0.2) is 11.6 Å². The van der Waals surface area contributed by atoms with Crippen LogP contribution < -0.4 is 0 Å². The molecule has 2 heterocycles. The summed E-state index contributed by atoms with van der Waals surface area (Å²) in [5.74, 6) is 1.10. The second-order valence-electron chi connectivity index (χ2n) is 15.9. The number of aliphatic hydroxyl groups is 1. The van der Waals surface area contributed by atoms with Gasteiger partial charge >= 0.3 is 5.97 Å². The largest absolute Gasteiger partial charge is 0.466 e. The zero-order valence-corrected chi connectivity index (χ0v) is 27.7. The van der Waals surface area contributed by atoms with Crippen LogP contribution in [0.4, 0.5) is 0 Å². The molecule has 6 aliphatic rings. The van der Waals surface area contributed by atoms with Crippen molar-refractivity contribution >= 4 is 5.97 Å². The Morgan fingerprint density at radius 1 is 0.767 bits per heavy atom. The van der Waals surface area contributed by atoms with E-state index in [0.29, 0.717) is 23.9 Å². The van der Waals surface area contributed by atoms with Crippen molar-refractivity contribution < 1.29 is 33.6 Å². The molecule has 0 bridgehead atoms. The third kappa shape index (κ3) is 9.18. The summed E-state index contributed by atoms with van der Waals surface area (Å²) in [4.78, 5) is 11.4. The van der Waals surface area contributed by atoms with Crippen molar-refractivity contribution in [3.63, 3.8) is 0 Å². The summed E-state index contributed by atoms with van der Waals surface area (Å²) in [5, 5.41) is 9.84. The van der Waals surface area contributed by atoms with E-state index in [-0.39, 0.29) is 17.5 Å². The first-order valence-corrected chi connectivity index (χ1v) is 18.0. The molecule has 0 radical (unpaired) electrons. The highest BCUT2D eigenvalue weighted by molar-refractivity contribution is 5.69. The van der Waals surface area contributed by atoms with Gasteiger partial charge < -0.3 is 28.8 Å². The number of rotatable bonds is 9. The van der Waals surface area contributed by atoms with Crippen LogP contribution in [0.1, 0.15) is 149 Å². The van der Waals surface area contributed by atoms with E-state index in [1.54, 1.807) is 0 Å². The first kappa shape index (κ1) is 33.6. The van der Waals surface area contributed by atoms with Gasteiger partial charge in [0.1, 0.15) is 0 Å². The van der Waals surface area contributed by atoms with E-state index < -0.39 is 5.60 Å². The average Bonchev–Trinajstić information content (AvgIpc) is 3.75. The molecule has 2 aliphatic heterocycles. The molecule has 0 aromatic carbocycles. The topological polar surface area (TPSA) is 83.5 Å². The van der Waals surface area contributed by atoms with Crippen molar-refractivity contribution in [2.75, 3.05) is 33.0 Å². The first-order valence-electron chi connectivity index (χ1n) is 18.0. The van der Waals surface area contributed by atoms with Gasteiger partial charge in [-0.05, 0) is 127 Å². The van der Waals surface area contributed by atoms with Gasteiger partial charge in [0.25, 0.3) is 0 Å². The molecule has 7 nitrogen and oxygen atoms in total. The molecule has 4 spiro atoms. The molecule has 2 saturated heterocycles. The zero-order chi connectivity index (χ0) is 30.4. The lowest BCUT2D eigenvalue weighted by atomic mass is 9.69. The summed E-state index contributed by atoms with van der Waals surface area (Å²) in [6, 6.07) is 0. The van der Waals surface area contributed by atoms with Crippen molar-refractivity contribution in [3.05, 3.63) is 0 Å². The van der Waals surface area contributed by atoms with E-state index in [1.807, 2.05) is 20.8 Å². The average molecular weight is 607 g/mol. The summed E-state index contributed by atoms with van der Waals surface area (Å²) in [5.41, 5.74) is 0.426. The molecule has 6 fully saturated rings. The van der Waals surface area contributed by atoms with Crippen LogP contribution in [0.2, 0.25) is 0 Å². The quantitative estimate of drug-likeness (QED) is 0.268. The second-order valence-corrected chi connectivity index (χ2v) is 15.9. The molecule has 4 aliphatic carbocycles. The predicted octanol–water partition coefficient (Wildman–Crippen LogP) is 7.85. The normalized spacial score (nSPS) is 34.7. The Balaban J connectivity index is 0.000000171. The number of hydrogen-bond acceptors (Lipinski definition) is 7. The summed E-state index contributed by atoms with van der Waals surface area (Å²) in [6.07, 6.45) is 23.6. The van der Waals surface area contributed by atoms with E-state index in [9.17, 15) is 9.90 Å². The van der Waals surface area contributed by atoms with Crippen LogP contribution in [-0.2, 0) is 28.5 Å². The Kier molecular flexibility index (Phi) is 11.2. The van der Waals surface area contributed by atoms with Crippen LogP contribution in [0.5, 0.6) is 0 Å². The van der Waals surface area contributed by atoms with Gasteiger partial charge in [-0.3, -0.25) is 4.79 Å². The van der Waals surface area contributed by atoms with E-state index in [2.05, 4.69) is 0 Å². The minimum atomic E-state index is -0.503. The molecule has 6 rings (SSSR count). The highest BCUT2D eigenvalue weighted by Crippen LogP contribution is 2.57. The van der Waals surface area contributed by atoms with Crippen molar-refractivity contribution in [2.24, 2.45) is 22.7 Å². The van der Waals surface area contributed by atoms with Gasteiger partial charge in [-0.2, -0.15) is 0 Å². The van der Waals surface area contributed by atoms with E-state index in [0.717, 1.165) is 89.6 Å². The number of esters is 1. The maximum absolute atomic E-state index is 11.4. The molecule has 4 saturated carbocycles. The molecule has 43 heavy (non-hydrogen) atoms. The third-order valence-electron chi connectivity index (χ3n) is 11.8. The van der Waals surface area contributed by atoms with Crippen molar-refractivity contribution in [1.82, 2.24) is 0 Å². The second kappa shape index (κ2) is 14.4. The van der Waals surface area contributed by atoms with Crippen LogP contribution in [0.15, 0.2) is 0 Å². The molecule has 0 aromatic rings. The fourth-order valence-corrected chi connectivity index (χ4v) is 9.96. The Morgan fingerprint density at radius 2 is 1.26 bits per heavy atom. The lowest BCUT2D eigenvalue weighted by molar-refractivity contribution is -0.202. The maximum atomic E-state index is 11.4. The van der Waals surface area contributed by atoms with Crippen LogP contribution in [0.3, 0.4) is 0 Å². The van der Waals surface area contributed by atoms with Gasteiger partial charge in [-0.1, -0.05) is 12.8 Å². The van der Waals surface area contributed by atoms with Gasteiger partial charge in [0.05, 0.1) is 38.6 Å². The molecule has 1 N–H and O–H groups in total. The Morgan fingerprint density at radius 3 is 1.72 bits per heavy atom. The number of carbonyl (C=O) groups is 1. The Hall–Kier alpha value is -0.730. The lowest BCUT2D eigenvalue weighted by Crippen LogP contribution is -2.41. The van der Waals surface area contributed by atoms with Gasteiger partial charge in [-0.25, -0.2) is 0 Å². The summed E-state index contributed by atoms with van der Waals surface area (Å²) in [7, 11) is 0. The molecule has 7 heteroatoms. The molecule has 248 valence electrons. The van der Waals surface area contributed by atoms with E-state index >= 15 is 0 Å². The van der Waals surface area contributed by atoms with Gasteiger partial charge in [0.2, 0.25) is 0 Å². The smallest absolute Gasteiger partial charge is 0.305 e. The Labute approximate surface area is 261 Å². The SMILES string of the molecule is CC(C)(O)CCC[C@H]1CC[C@@]2(CCCC3(C2)OCCO3)C1.CCOC(=O)CCC[C@H]1CC[C@@]2(CCCC3(C2)OCCO3)C1. The van der Waals surface area contributed by atoms with Crippen LogP contribution in [-0.4, -0.2) is 61.3 Å². The van der Waals surface area contributed by atoms with E-state index in [1.165, 1.54) is 70.6 Å². The van der Waals surface area contributed by atoms with E-state index in [4.69, 9.17) is 23.7 Å². The lowest BCUT2D eigenvalue weighted by Gasteiger charge is -2.43. The number of hydrogen-bond donors (Lipinski definition) is 1. The molecule has 0 amide bonds. The Bertz CT molecular complexity index is 887. The molecular formula is C36H62O7. The first-order chi connectivity index (χ1) is 20.6. The predicted molar refractivity (Wildman–Crippen MR) is 166 cm³/mol. The minimum Gasteiger partial charge on any atom is -0.466 e. The maximum Gasteiger partial charge on any atom is 0.305 e. The fourth-order valence-electron chi connectivity index (χ4n) is 9.96. The molecular weight excluding hydrogens is 544 g/mol. The van der Waals surface area contributed by atoms with Crippen molar-refractivity contribution in [1.29, 1.82) is 0 Å². The third-order valence-corrected chi connectivity index (χ3v) is 11.8. The molecule has 4 atom stereocenters. The van der Waals surface area contributed by atoms with Gasteiger partial charge in [-0.15, -0.1) is 0 Å². The fraction of sp³-hybridized carbons (Fsp3) is 0.972. The van der Waals surface area contributed by atoms with Gasteiger partial charge in [0, 0.05) is 32.1 Å².